The summed E-state index contributed by atoms with van der Waals surface area (Å²) in [6.07, 6.45) is -0.225. The zero-order valence-corrected chi connectivity index (χ0v) is 21.3. The van der Waals surface area contributed by atoms with E-state index in [2.05, 4.69) is 31.4 Å². The highest BCUT2D eigenvalue weighted by molar-refractivity contribution is 9.10. The van der Waals surface area contributed by atoms with Crippen LogP contribution in [0.3, 0.4) is 0 Å². The van der Waals surface area contributed by atoms with Crippen LogP contribution < -0.4 is 16.0 Å². The first-order valence-corrected chi connectivity index (χ1v) is 12.3. The Kier molecular flexibility index (Phi) is 8.42. The van der Waals surface area contributed by atoms with Crippen LogP contribution in [0, 0.1) is 0 Å². The van der Waals surface area contributed by atoms with Crippen molar-refractivity contribution in [1.29, 1.82) is 0 Å². The first-order chi connectivity index (χ1) is 18.0. The first-order valence-electron chi connectivity index (χ1n) is 11.5. The van der Waals surface area contributed by atoms with Crippen LogP contribution in [0.5, 0.6) is 5.75 Å². The Morgan fingerprint density at radius 2 is 1.92 bits per heavy atom. The Balaban J connectivity index is 1.79. The van der Waals surface area contributed by atoms with E-state index in [0.29, 0.717) is 35.6 Å². The Morgan fingerprint density at radius 3 is 2.59 bits per heavy atom. The topological polar surface area (TPSA) is 155 Å². The fraction of sp³-hybridized carbons (Fsp3) is 0.231. The van der Waals surface area contributed by atoms with Gasteiger partial charge in [-0.15, -0.1) is 0 Å². The van der Waals surface area contributed by atoms with Crippen LogP contribution in [0.1, 0.15) is 29.2 Å². The van der Waals surface area contributed by atoms with Crippen molar-refractivity contribution in [2.24, 2.45) is 15.9 Å². The van der Waals surface area contributed by atoms with E-state index in [4.69, 9.17) is 30.9 Å². The van der Waals surface area contributed by atoms with E-state index >= 15 is 0 Å². The molecule has 1 amide bonds. The van der Waals surface area contributed by atoms with E-state index in [1.165, 1.54) is 0 Å². The lowest BCUT2D eigenvalue weighted by atomic mass is 9.81. The molecule has 190 valence electrons. The molecule has 0 unspecified atom stereocenters. The smallest absolute Gasteiger partial charge is 0.266 e. The molecule has 0 saturated carbocycles. The van der Waals surface area contributed by atoms with Crippen molar-refractivity contribution in [1.82, 2.24) is 5.43 Å². The van der Waals surface area contributed by atoms with Crippen molar-refractivity contribution in [3.63, 3.8) is 0 Å². The molecule has 2 atom stereocenters. The molecule has 4 N–H and O–H groups in total. The molecule has 0 bridgehead atoms. The summed E-state index contributed by atoms with van der Waals surface area (Å²) in [5, 5.41) is 12.7. The van der Waals surface area contributed by atoms with Crippen molar-refractivity contribution < 1.29 is 19.4 Å². The van der Waals surface area contributed by atoms with E-state index in [1.807, 2.05) is 24.3 Å². The standard InChI is InChI=1S/C26H25BrN6O4/c27-20-10-6-17(7-11-20)23-26(25(35)31-28,16-19-4-1-2-5-22(19)32-33-29)30-24(37-23)18-8-12-21(13-9-18)36-15-3-14-34/h1-2,4-13,23,34H,3,14-16,28H2,(H,31,35)/t23-,26-/m0/s1. The first kappa shape index (κ1) is 26.2. The SMILES string of the molecule is [N-]=[N+]=Nc1ccccc1C[C@]1(C(=O)NN)N=C(c2ccc(OCCCO)cc2)O[C@H]1c1ccc(Br)cc1. The van der Waals surface area contributed by atoms with Gasteiger partial charge >= 0.3 is 0 Å². The quantitative estimate of drug-likeness (QED) is 0.0621. The highest BCUT2D eigenvalue weighted by atomic mass is 79.9. The minimum atomic E-state index is -1.49. The minimum absolute atomic E-state index is 0.0499. The molecule has 0 aliphatic carbocycles. The number of aliphatic hydroxyl groups excluding tert-OH is 1. The van der Waals surface area contributed by atoms with Crippen molar-refractivity contribution in [2.45, 2.75) is 24.5 Å². The fourth-order valence-electron chi connectivity index (χ4n) is 4.14. The number of nitrogens with two attached hydrogens (primary N) is 1. The number of aliphatic hydroxyl groups is 1. The van der Waals surface area contributed by atoms with E-state index in [1.54, 1.807) is 48.5 Å². The summed E-state index contributed by atoms with van der Waals surface area (Å²) in [5.41, 5.74) is 12.2. The van der Waals surface area contributed by atoms with Gasteiger partial charge in [-0.2, -0.15) is 0 Å². The van der Waals surface area contributed by atoms with Gasteiger partial charge in [-0.3, -0.25) is 10.2 Å². The van der Waals surface area contributed by atoms with Crippen LogP contribution in [0.25, 0.3) is 10.4 Å². The number of rotatable bonds is 10. The van der Waals surface area contributed by atoms with Crippen LogP contribution in [-0.4, -0.2) is 35.7 Å². The molecule has 3 aromatic rings. The molecule has 0 spiro atoms. The normalized spacial score (nSPS) is 18.4. The van der Waals surface area contributed by atoms with Gasteiger partial charge in [0.25, 0.3) is 5.91 Å². The summed E-state index contributed by atoms with van der Waals surface area (Å²) in [4.78, 5) is 21.2. The maximum Gasteiger partial charge on any atom is 0.266 e. The number of hydrogen-bond donors (Lipinski definition) is 3. The molecule has 10 nitrogen and oxygen atoms in total. The van der Waals surface area contributed by atoms with Gasteiger partial charge < -0.3 is 14.6 Å². The summed E-state index contributed by atoms with van der Waals surface area (Å²) >= 11 is 3.44. The highest BCUT2D eigenvalue weighted by Gasteiger charge is 2.53. The van der Waals surface area contributed by atoms with Gasteiger partial charge in [0.1, 0.15) is 5.75 Å². The second-order valence-electron chi connectivity index (χ2n) is 8.31. The largest absolute Gasteiger partial charge is 0.494 e. The molecule has 3 aromatic carbocycles. The molecule has 1 aliphatic heterocycles. The van der Waals surface area contributed by atoms with Crippen molar-refractivity contribution in [2.75, 3.05) is 13.2 Å². The second kappa shape index (κ2) is 11.9. The molecule has 1 aliphatic rings. The number of nitrogens with zero attached hydrogens (tertiary/aromatic N) is 4. The van der Waals surface area contributed by atoms with Crippen LogP contribution in [-0.2, 0) is 16.0 Å². The number of hydrazine groups is 1. The zero-order chi connectivity index (χ0) is 26.3. The van der Waals surface area contributed by atoms with Crippen molar-refractivity contribution in [3.05, 3.63) is 104 Å². The molecule has 4 rings (SSSR count). The average molecular weight is 565 g/mol. The monoisotopic (exact) mass is 564 g/mol. The molecule has 0 radical (unpaired) electrons. The minimum Gasteiger partial charge on any atom is -0.494 e. The number of amides is 1. The molecule has 37 heavy (non-hydrogen) atoms. The maximum absolute atomic E-state index is 13.5. The number of hydrogen-bond acceptors (Lipinski definition) is 7. The Hall–Kier alpha value is -3.89. The van der Waals surface area contributed by atoms with Gasteiger partial charge in [0.05, 0.1) is 6.61 Å². The Bertz CT molecular complexity index is 1330. The Morgan fingerprint density at radius 1 is 1.19 bits per heavy atom. The third kappa shape index (κ3) is 5.76. The van der Waals surface area contributed by atoms with E-state index in [9.17, 15) is 4.79 Å². The van der Waals surface area contributed by atoms with Gasteiger partial charge in [0, 0.05) is 40.1 Å². The number of carbonyl (C=O) groups is 1. The molecule has 0 saturated heterocycles. The predicted molar refractivity (Wildman–Crippen MR) is 142 cm³/mol. The third-order valence-electron chi connectivity index (χ3n) is 5.94. The maximum atomic E-state index is 13.5. The Labute approximate surface area is 221 Å². The highest BCUT2D eigenvalue weighted by Crippen LogP contribution is 2.43. The molecule has 1 heterocycles. The van der Waals surface area contributed by atoms with Gasteiger partial charge in [0.15, 0.2) is 11.6 Å². The van der Waals surface area contributed by atoms with Gasteiger partial charge in [-0.05, 0) is 53.1 Å². The lowest BCUT2D eigenvalue weighted by Crippen LogP contribution is -2.52. The van der Waals surface area contributed by atoms with Crippen molar-refractivity contribution >= 4 is 33.4 Å². The van der Waals surface area contributed by atoms with Crippen LogP contribution >= 0.6 is 15.9 Å². The van der Waals surface area contributed by atoms with Gasteiger partial charge in [0.2, 0.25) is 5.90 Å². The molecule has 11 heteroatoms. The third-order valence-corrected chi connectivity index (χ3v) is 6.47. The molecule has 0 aromatic heterocycles. The summed E-state index contributed by atoms with van der Waals surface area (Å²) in [6.45, 7) is 0.442. The van der Waals surface area contributed by atoms with Gasteiger partial charge in [-0.25, -0.2) is 10.8 Å². The number of carbonyl (C=O) groups excluding carboxylic acids is 1. The van der Waals surface area contributed by atoms with E-state index in [0.717, 1.165) is 10.0 Å². The lowest BCUT2D eigenvalue weighted by molar-refractivity contribution is -0.129. The zero-order valence-electron chi connectivity index (χ0n) is 19.8. The summed E-state index contributed by atoms with van der Waals surface area (Å²) in [6, 6.07) is 21.5. The lowest BCUT2D eigenvalue weighted by Gasteiger charge is -2.30. The summed E-state index contributed by atoms with van der Waals surface area (Å²) in [5.74, 6) is 6.02. The average Bonchev–Trinajstić information content (AvgIpc) is 3.31. The molecular weight excluding hydrogens is 540 g/mol. The number of benzene rings is 3. The molecule has 0 fully saturated rings. The number of ether oxygens (including phenoxy) is 2. The van der Waals surface area contributed by atoms with Crippen molar-refractivity contribution in [3.8, 4) is 5.75 Å². The number of azide groups is 1. The fourth-order valence-corrected chi connectivity index (χ4v) is 4.41. The number of nitrogens with one attached hydrogen (secondary N) is 1. The van der Waals surface area contributed by atoms with Gasteiger partial charge in [-0.1, -0.05) is 57.4 Å². The predicted octanol–water partition coefficient (Wildman–Crippen LogP) is 4.64. The van der Waals surface area contributed by atoms with E-state index in [-0.39, 0.29) is 18.9 Å². The summed E-state index contributed by atoms with van der Waals surface area (Å²) < 4.78 is 12.8. The van der Waals surface area contributed by atoms with Crippen LogP contribution in [0.2, 0.25) is 0 Å². The van der Waals surface area contributed by atoms with Crippen LogP contribution in [0.4, 0.5) is 5.69 Å². The summed E-state index contributed by atoms with van der Waals surface area (Å²) in [7, 11) is 0. The second-order valence-corrected chi connectivity index (χ2v) is 9.22. The number of aliphatic imine (C=N–C) groups is 1. The van der Waals surface area contributed by atoms with E-state index < -0.39 is 17.6 Å². The molecular formula is C26H25BrN6O4. The number of halogens is 1. The van der Waals surface area contributed by atoms with Crippen LogP contribution in [0.15, 0.2) is 87.4 Å².